The summed E-state index contributed by atoms with van der Waals surface area (Å²) < 4.78 is 5.00. The van der Waals surface area contributed by atoms with Crippen molar-refractivity contribution in [2.24, 2.45) is 0 Å². The Morgan fingerprint density at radius 1 is 1.04 bits per heavy atom. The van der Waals surface area contributed by atoms with Crippen molar-refractivity contribution in [3.8, 4) is 0 Å². The van der Waals surface area contributed by atoms with Crippen LogP contribution >= 0.6 is 0 Å². The first-order valence-corrected chi connectivity index (χ1v) is 8.67. The number of nitrogens with one attached hydrogen (secondary N) is 1. The Kier molecular flexibility index (Phi) is 6.73. The van der Waals surface area contributed by atoms with Crippen LogP contribution in [0.1, 0.15) is 42.0 Å². The SMILES string of the molecule is Cc1cccc(C)c1NC(=O)COC(=O)/C=C/c1ccc(C(C)C)cc1. The molecular formula is C22H25NO3. The van der Waals surface area contributed by atoms with Gasteiger partial charge in [0.2, 0.25) is 0 Å². The van der Waals surface area contributed by atoms with Gasteiger partial charge in [-0.1, -0.05) is 56.3 Å². The second-order valence-corrected chi connectivity index (χ2v) is 6.58. The van der Waals surface area contributed by atoms with Crippen LogP contribution in [0.2, 0.25) is 0 Å². The molecule has 0 bridgehead atoms. The molecule has 0 saturated carbocycles. The van der Waals surface area contributed by atoms with Gasteiger partial charge in [-0.15, -0.1) is 0 Å². The van der Waals surface area contributed by atoms with Crippen molar-refractivity contribution in [2.75, 3.05) is 11.9 Å². The lowest BCUT2D eigenvalue weighted by atomic mass is 10.0. The molecule has 4 heteroatoms. The number of rotatable bonds is 6. The fraction of sp³-hybridized carbons (Fsp3) is 0.273. The fourth-order valence-electron chi connectivity index (χ4n) is 2.53. The quantitative estimate of drug-likeness (QED) is 0.610. The molecule has 0 aliphatic rings. The predicted octanol–water partition coefficient (Wildman–Crippen LogP) is 4.62. The zero-order valence-corrected chi connectivity index (χ0v) is 15.7. The third-order valence-electron chi connectivity index (χ3n) is 4.11. The van der Waals surface area contributed by atoms with Crippen molar-refractivity contribution in [1.82, 2.24) is 0 Å². The highest BCUT2D eigenvalue weighted by molar-refractivity contribution is 5.95. The largest absolute Gasteiger partial charge is 0.452 e. The van der Waals surface area contributed by atoms with Crippen LogP contribution in [0, 0.1) is 13.8 Å². The zero-order chi connectivity index (χ0) is 19.1. The number of esters is 1. The molecule has 0 saturated heterocycles. The number of anilines is 1. The maximum absolute atomic E-state index is 12.0. The number of benzene rings is 2. The number of hydrogen-bond acceptors (Lipinski definition) is 3. The first-order chi connectivity index (χ1) is 12.4. The zero-order valence-electron chi connectivity index (χ0n) is 15.7. The molecule has 136 valence electrons. The Bertz CT molecular complexity index is 784. The summed E-state index contributed by atoms with van der Waals surface area (Å²) in [5.74, 6) is -0.437. The van der Waals surface area contributed by atoms with E-state index in [1.165, 1.54) is 11.6 Å². The monoisotopic (exact) mass is 351 g/mol. The summed E-state index contributed by atoms with van der Waals surface area (Å²) in [6.07, 6.45) is 3.01. The van der Waals surface area contributed by atoms with Gasteiger partial charge < -0.3 is 10.1 Å². The van der Waals surface area contributed by atoms with Crippen LogP contribution in [0.25, 0.3) is 6.08 Å². The van der Waals surface area contributed by atoms with Crippen LogP contribution in [0.15, 0.2) is 48.5 Å². The van der Waals surface area contributed by atoms with Crippen molar-refractivity contribution >= 4 is 23.6 Å². The van der Waals surface area contributed by atoms with Gasteiger partial charge in [-0.25, -0.2) is 4.79 Å². The lowest BCUT2D eigenvalue weighted by Crippen LogP contribution is -2.21. The van der Waals surface area contributed by atoms with Crippen molar-refractivity contribution in [1.29, 1.82) is 0 Å². The number of hydrogen-bond donors (Lipinski definition) is 1. The first-order valence-electron chi connectivity index (χ1n) is 8.67. The van der Waals surface area contributed by atoms with Gasteiger partial charge in [-0.2, -0.15) is 0 Å². The molecule has 1 N–H and O–H groups in total. The molecule has 2 rings (SSSR count). The predicted molar refractivity (Wildman–Crippen MR) is 105 cm³/mol. The Hall–Kier alpha value is -2.88. The van der Waals surface area contributed by atoms with Gasteiger partial charge in [0.25, 0.3) is 5.91 Å². The highest BCUT2D eigenvalue weighted by Crippen LogP contribution is 2.19. The van der Waals surface area contributed by atoms with Gasteiger partial charge in [0.15, 0.2) is 6.61 Å². The van der Waals surface area contributed by atoms with Crippen LogP contribution in [-0.2, 0) is 14.3 Å². The minimum Gasteiger partial charge on any atom is -0.452 e. The van der Waals surface area contributed by atoms with Crippen LogP contribution in [0.4, 0.5) is 5.69 Å². The van der Waals surface area contributed by atoms with Gasteiger partial charge >= 0.3 is 5.97 Å². The molecule has 0 radical (unpaired) electrons. The normalized spacial score (nSPS) is 11.0. The molecule has 0 aromatic heterocycles. The molecule has 0 fully saturated rings. The summed E-state index contributed by atoms with van der Waals surface area (Å²) in [5, 5.41) is 2.78. The topological polar surface area (TPSA) is 55.4 Å². The summed E-state index contributed by atoms with van der Waals surface area (Å²) in [5.41, 5.74) is 4.84. The van der Waals surface area contributed by atoms with Gasteiger partial charge in [0.1, 0.15) is 0 Å². The fourth-order valence-corrected chi connectivity index (χ4v) is 2.53. The van der Waals surface area contributed by atoms with E-state index in [2.05, 4.69) is 19.2 Å². The van der Waals surface area contributed by atoms with E-state index in [0.717, 1.165) is 22.4 Å². The van der Waals surface area contributed by atoms with Crippen molar-refractivity contribution in [3.05, 3.63) is 70.8 Å². The number of carbonyl (C=O) groups excluding carboxylic acids is 2. The van der Waals surface area contributed by atoms with Crippen molar-refractivity contribution < 1.29 is 14.3 Å². The van der Waals surface area contributed by atoms with E-state index in [-0.39, 0.29) is 12.5 Å². The van der Waals surface area contributed by atoms with E-state index < -0.39 is 5.97 Å². The van der Waals surface area contributed by atoms with E-state index in [9.17, 15) is 9.59 Å². The van der Waals surface area contributed by atoms with Gasteiger partial charge in [-0.3, -0.25) is 4.79 Å². The van der Waals surface area contributed by atoms with E-state index in [1.807, 2.05) is 56.3 Å². The summed E-state index contributed by atoms with van der Waals surface area (Å²) in [7, 11) is 0. The summed E-state index contributed by atoms with van der Waals surface area (Å²) >= 11 is 0. The van der Waals surface area contributed by atoms with Crippen LogP contribution in [-0.4, -0.2) is 18.5 Å². The third kappa shape index (κ3) is 5.59. The highest BCUT2D eigenvalue weighted by atomic mass is 16.5. The third-order valence-corrected chi connectivity index (χ3v) is 4.11. The molecule has 0 atom stereocenters. The molecule has 2 aromatic rings. The smallest absolute Gasteiger partial charge is 0.331 e. The van der Waals surface area contributed by atoms with Crippen molar-refractivity contribution in [3.63, 3.8) is 0 Å². The summed E-state index contributed by atoms with van der Waals surface area (Å²) in [6.45, 7) is 7.78. The maximum atomic E-state index is 12.0. The lowest BCUT2D eigenvalue weighted by Gasteiger charge is -2.11. The number of ether oxygens (including phenoxy) is 1. The standard InChI is InChI=1S/C22H25NO3/c1-15(2)19-11-8-18(9-12-19)10-13-21(25)26-14-20(24)23-22-16(3)6-5-7-17(22)4/h5-13,15H,14H2,1-4H3,(H,23,24)/b13-10+. The summed E-state index contributed by atoms with van der Waals surface area (Å²) in [4.78, 5) is 23.8. The molecule has 0 spiro atoms. The molecule has 0 heterocycles. The number of para-hydroxylation sites is 1. The Morgan fingerprint density at radius 3 is 2.23 bits per heavy atom. The summed E-state index contributed by atoms with van der Waals surface area (Å²) in [6, 6.07) is 13.7. The minimum absolute atomic E-state index is 0.316. The lowest BCUT2D eigenvalue weighted by molar-refractivity contribution is -0.142. The molecule has 2 aromatic carbocycles. The maximum Gasteiger partial charge on any atom is 0.331 e. The number of carbonyl (C=O) groups is 2. The molecule has 26 heavy (non-hydrogen) atoms. The number of aryl methyl sites for hydroxylation is 2. The second kappa shape index (κ2) is 8.99. The molecule has 1 amide bonds. The van der Waals surface area contributed by atoms with E-state index in [1.54, 1.807) is 6.08 Å². The Morgan fingerprint density at radius 2 is 1.65 bits per heavy atom. The number of amides is 1. The van der Waals surface area contributed by atoms with Crippen LogP contribution in [0.5, 0.6) is 0 Å². The van der Waals surface area contributed by atoms with Crippen LogP contribution < -0.4 is 5.32 Å². The highest BCUT2D eigenvalue weighted by Gasteiger charge is 2.09. The molecule has 0 aliphatic carbocycles. The molecule has 4 nitrogen and oxygen atoms in total. The minimum atomic E-state index is -0.547. The van der Waals surface area contributed by atoms with E-state index in [4.69, 9.17) is 4.74 Å². The Labute approximate surface area is 154 Å². The molecule has 0 unspecified atom stereocenters. The first kappa shape index (κ1) is 19.4. The average Bonchev–Trinajstić information content (AvgIpc) is 2.61. The van der Waals surface area contributed by atoms with E-state index >= 15 is 0 Å². The van der Waals surface area contributed by atoms with Crippen molar-refractivity contribution in [2.45, 2.75) is 33.6 Å². The van der Waals surface area contributed by atoms with Gasteiger partial charge in [0.05, 0.1) is 0 Å². The molecular weight excluding hydrogens is 326 g/mol. The van der Waals surface area contributed by atoms with E-state index in [0.29, 0.717) is 5.92 Å². The Balaban J connectivity index is 1.85. The second-order valence-electron chi connectivity index (χ2n) is 6.58. The van der Waals surface area contributed by atoms with Crippen LogP contribution in [0.3, 0.4) is 0 Å². The molecule has 0 aliphatic heterocycles. The average molecular weight is 351 g/mol. The van der Waals surface area contributed by atoms with Gasteiger partial charge in [-0.05, 0) is 48.1 Å². The van der Waals surface area contributed by atoms with Gasteiger partial charge in [0, 0.05) is 11.8 Å².